The van der Waals surface area contributed by atoms with Crippen molar-refractivity contribution in [1.82, 2.24) is 19.1 Å². The van der Waals surface area contributed by atoms with E-state index in [0.29, 0.717) is 0 Å². The minimum Gasteiger partial charge on any atom is -0.391 e. The molecule has 1 fully saturated rings. The van der Waals surface area contributed by atoms with Crippen LogP contribution in [0.2, 0.25) is 0 Å². The second-order valence-corrected chi connectivity index (χ2v) is 4.88. The summed E-state index contributed by atoms with van der Waals surface area (Å²) in [4.78, 5) is 19.3. The van der Waals surface area contributed by atoms with Crippen LogP contribution in [0.25, 0.3) is 11.2 Å². The molecule has 0 amide bonds. The third-order valence-corrected chi connectivity index (χ3v) is 3.91. The molecule has 10 nitrogen and oxygen atoms in total. The van der Waals surface area contributed by atoms with Gasteiger partial charge in [0.2, 0.25) is 11.7 Å². The minimum atomic E-state index is -1.68. The van der Waals surface area contributed by atoms with Gasteiger partial charge in [-0.3, -0.25) is 13.9 Å². The summed E-state index contributed by atoms with van der Waals surface area (Å²) in [7, 11) is 0. The molecule has 5 N–H and O–H groups in total. The van der Waals surface area contributed by atoms with Crippen molar-refractivity contribution in [2.45, 2.75) is 24.2 Å². The van der Waals surface area contributed by atoms with E-state index in [-0.39, 0.29) is 17.1 Å². The van der Waals surface area contributed by atoms with Crippen LogP contribution in [0.3, 0.4) is 0 Å². The van der Waals surface area contributed by atoms with Crippen LogP contribution in [0.4, 0.5) is 5.95 Å². The first-order valence-corrected chi connectivity index (χ1v) is 5.91. The molecule has 4 atom stereocenters. The molecule has 2 aliphatic rings. The van der Waals surface area contributed by atoms with Crippen molar-refractivity contribution < 1.29 is 20.1 Å². The average Bonchev–Trinajstić information content (AvgIpc) is 2.94. The van der Waals surface area contributed by atoms with Crippen molar-refractivity contribution in [3.63, 3.8) is 0 Å². The number of fused-ring (bicyclic) bond motifs is 4. The molecule has 2 aromatic heterocycles. The molecule has 2 aliphatic heterocycles. The average molecular weight is 281 g/mol. The fourth-order valence-corrected chi connectivity index (χ4v) is 2.98. The van der Waals surface area contributed by atoms with Gasteiger partial charge >= 0.3 is 5.56 Å². The Morgan fingerprint density at radius 2 is 2.25 bits per heavy atom. The monoisotopic (exact) mass is 281 g/mol. The van der Waals surface area contributed by atoms with Gasteiger partial charge in [-0.1, -0.05) is 0 Å². The lowest BCUT2D eigenvalue weighted by Crippen LogP contribution is -2.50. The van der Waals surface area contributed by atoms with Gasteiger partial charge in [-0.05, 0) is 0 Å². The van der Waals surface area contributed by atoms with E-state index < -0.39 is 36.3 Å². The zero-order valence-corrected chi connectivity index (χ0v) is 10.0. The first-order chi connectivity index (χ1) is 9.51. The summed E-state index contributed by atoms with van der Waals surface area (Å²) < 4.78 is 8.16. The van der Waals surface area contributed by atoms with Gasteiger partial charge in [-0.25, -0.2) is 4.98 Å². The van der Waals surface area contributed by atoms with Gasteiger partial charge in [0.15, 0.2) is 17.4 Å². The van der Waals surface area contributed by atoms with Gasteiger partial charge in [-0.15, -0.1) is 0 Å². The largest absolute Gasteiger partial charge is 0.391 e. The lowest BCUT2D eigenvalue weighted by atomic mass is 10.1. The SMILES string of the molecule is Nc1nc(=O)c2ncn3c2n1[C@@]1(CO)O[C@@H]3C(O)C1O. The summed E-state index contributed by atoms with van der Waals surface area (Å²) >= 11 is 0. The van der Waals surface area contributed by atoms with Gasteiger partial charge in [0.25, 0.3) is 0 Å². The number of ether oxygens (including phenoxy) is 1. The molecule has 4 heterocycles. The number of aliphatic hydroxyl groups is 3. The van der Waals surface area contributed by atoms with E-state index in [9.17, 15) is 20.1 Å². The number of aromatic nitrogens is 4. The van der Waals surface area contributed by atoms with Crippen LogP contribution in [0.15, 0.2) is 11.1 Å². The second kappa shape index (κ2) is 3.35. The number of anilines is 1. The number of rotatable bonds is 1. The Kier molecular flexibility index (Phi) is 1.98. The zero-order chi connectivity index (χ0) is 14.2. The van der Waals surface area contributed by atoms with Crippen LogP contribution >= 0.6 is 0 Å². The predicted molar refractivity (Wildman–Crippen MR) is 63.4 cm³/mol. The molecule has 2 unspecified atom stereocenters. The number of hydrogen-bond acceptors (Lipinski definition) is 8. The molecule has 1 saturated heterocycles. The number of imidazole rings is 1. The van der Waals surface area contributed by atoms with Crippen molar-refractivity contribution in [2.75, 3.05) is 12.3 Å². The molecule has 10 heteroatoms. The Morgan fingerprint density at radius 1 is 1.50 bits per heavy atom. The molecule has 0 radical (unpaired) electrons. The van der Waals surface area contributed by atoms with Gasteiger partial charge in [0, 0.05) is 0 Å². The normalized spacial score (nSPS) is 34.9. The number of nitrogen functional groups attached to an aromatic ring is 1. The highest BCUT2D eigenvalue weighted by Gasteiger charge is 2.60. The van der Waals surface area contributed by atoms with Crippen molar-refractivity contribution in [3.8, 4) is 0 Å². The van der Waals surface area contributed by atoms with E-state index >= 15 is 0 Å². The fraction of sp³-hybridized carbons (Fsp3) is 0.500. The highest BCUT2D eigenvalue weighted by atomic mass is 16.6. The molecule has 106 valence electrons. The third-order valence-electron chi connectivity index (χ3n) is 3.91. The lowest BCUT2D eigenvalue weighted by molar-refractivity contribution is -0.186. The van der Waals surface area contributed by atoms with E-state index in [1.54, 1.807) is 0 Å². The van der Waals surface area contributed by atoms with Crippen LogP contribution in [0, 0.1) is 0 Å². The summed E-state index contributed by atoms with van der Waals surface area (Å²) in [6.07, 6.45) is -2.37. The lowest BCUT2D eigenvalue weighted by Gasteiger charge is -2.36. The molecule has 0 spiro atoms. The van der Waals surface area contributed by atoms with Crippen molar-refractivity contribution >= 4 is 17.1 Å². The Morgan fingerprint density at radius 3 is 2.95 bits per heavy atom. The Hall–Kier alpha value is -2.01. The summed E-state index contributed by atoms with van der Waals surface area (Å²) in [5.74, 6) is -0.232. The summed E-state index contributed by atoms with van der Waals surface area (Å²) in [6.45, 7) is -0.642. The first kappa shape index (κ1) is 11.8. The van der Waals surface area contributed by atoms with E-state index in [1.807, 2.05) is 0 Å². The maximum absolute atomic E-state index is 11.8. The predicted octanol–water partition coefficient (Wildman–Crippen LogP) is -2.92. The Labute approximate surface area is 110 Å². The maximum Gasteiger partial charge on any atom is 0.302 e. The molecule has 20 heavy (non-hydrogen) atoms. The van der Waals surface area contributed by atoms with E-state index in [4.69, 9.17) is 10.5 Å². The molecule has 2 bridgehead atoms. The third kappa shape index (κ3) is 1.03. The summed E-state index contributed by atoms with van der Waals surface area (Å²) in [6, 6.07) is 0. The molecule has 0 aliphatic carbocycles. The maximum atomic E-state index is 11.8. The van der Waals surface area contributed by atoms with Gasteiger partial charge < -0.3 is 25.8 Å². The Bertz CT molecular complexity index is 784. The summed E-state index contributed by atoms with van der Waals surface area (Å²) in [5.41, 5.74) is 3.73. The highest BCUT2D eigenvalue weighted by molar-refractivity contribution is 5.73. The van der Waals surface area contributed by atoms with Crippen molar-refractivity contribution in [2.24, 2.45) is 0 Å². The molecule has 0 aromatic carbocycles. The van der Waals surface area contributed by atoms with Crippen LogP contribution < -0.4 is 11.3 Å². The molecule has 4 rings (SSSR count). The van der Waals surface area contributed by atoms with Gasteiger partial charge in [-0.2, -0.15) is 4.98 Å². The zero-order valence-electron chi connectivity index (χ0n) is 10.0. The Balaban J connectivity index is 2.21. The molecule has 2 aromatic rings. The summed E-state index contributed by atoms with van der Waals surface area (Å²) in [5, 5.41) is 29.9. The smallest absolute Gasteiger partial charge is 0.302 e. The molecular formula is C10H11N5O5. The molecule has 0 saturated carbocycles. The molecular weight excluding hydrogens is 270 g/mol. The van der Waals surface area contributed by atoms with Crippen LogP contribution in [-0.2, 0) is 10.5 Å². The van der Waals surface area contributed by atoms with E-state index in [1.165, 1.54) is 15.5 Å². The van der Waals surface area contributed by atoms with Crippen LogP contribution in [-0.4, -0.2) is 53.2 Å². The van der Waals surface area contributed by atoms with Crippen molar-refractivity contribution in [1.29, 1.82) is 0 Å². The fourth-order valence-electron chi connectivity index (χ4n) is 2.98. The van der Waals surface area contributed by atoms with Gasteiger partial charge in [0.05, 0.1) is 12.9 Å². The standard InChI is InChI=1S/C10H11N5O5/c11-9-13-6(19)3-7-14(2-12-3)8-4(17)5(18)10(1-16,20-8)15(7)9/h2,4-5,8,16-18H,1H2,(H2,11,13,19)/t4?,5?,8-,10+/m1/s1. The first-order valence-electron chi connectivity index (χ1n) is 5.91. The van der Waals surface area contributed by atoms with Crippen LogP contribution in [0.5, 0.6) is 0 Å². The highest BCUT2D eigenvalue weighted by Crippen LogP contribution is 2.46. The number of hydrogen-bond donors (Lipinski definition) is 4. The van der Waals surface area contributed by atoms with Gasteiger partial charge in [0.1, 0.15) is 12.2 Å². The quantitative estimate of drug-likeness (QED) is 0.434. The number of aliphatic hydroxyl groups excluding tert-OH is 3. The van der Waals surface area contributed by atoms with Crippen molar-refractivity contribution in [3.05, 3.63) is 16.7 Å². The van der Waals surface area contributed by atoms with E-state index in [0.717, 1.165) is 0 Å². The topological polar surface area (TPSA) is 149 Å². The second-order valence-electron chi connectivity index (χ2n) is 4.88. The number of nitrogens with zero attached hydrogens (tertiary/aromatic N) is 4. The van der Waals surface area contributed by atoms with E-state index in [2.05, 4.69) is 9.97 Å². The van der Waals surface area contributed by atoms with Crippen LogP contribution in [0.1, 0.15) is 6.23 Å². The minimum absolute atomic E-state index is 0.0339. The number of nitrogens with two attached hydrogens (primary N) is 1.